The molecule has 6 atom stereocenters. The molecule has 2 fully saturated rings. The van der Waals surface area contributed by atoms with E-state index in [-0.39, 0.29) is 17.6 Å². The average Bonchev–Trinajstić information content (AvgIpc) is 3.03. The number of fused-ring (bicyclic) bond motifs is 5. The summed E-state index contributed by atoms with van der Waals surface area (Å²) in [5.74, 6) is -0.273. The molecule has 7 heteroatoms. The molecule has 4 nitrogen and oxygen atoms in total. The maximum Gasteiger partial charge on any atom is 0.303 e. The van der Waals surface area contributed by atoms with Crippen molar-refractivity contribution in [2.45, 2.75) is 77.9 Å². The van der Waals surface area contributed by atoms with Gasteiger partial charge in [0, 0.05) is 29.2 Å². The van der Waals surface area contributed by atoms with E-state index in [4.69, 9.17) is 20.8 Å². The minimum Gasteiger partial charge on any atom is -0.544 e. The highest BCUT2D eigenvalue weighted by atomic mass is 35.5. The summed E-state index contributed by atoms with van der Waals surface area (Å²) in [7, 11) is -1.93. The van der Waals surface area contributed by atoms with Crippen molar-refractivity contribution < 1.29 is 23.1 Å². The molecule has 0 spiro atoms. The maximum atomic E-state index is 17.6. The Balaban J connectivity index is 1.80. The number of allylic oxidation sites excluding steroid dienone is 6. The minimum absolute atomic E-state index is 0.0190. The summed E-state index contributed by atoms with van der Waals surface area (Å²) in [6.45, 7) is 11.6. The lowest BCUT2D eigenvalue weighted by atomic mass is 9.45. The van der Waals surface area contributed by atoms with E-state index in [1.807, 2.05) is 6.92 Å². The maximum absolute atomic E-state index is 17.6. The van der Waals surface area contributed by atoms with E-state index in [0.717, 1.165) is 17.6 Å². The number of carbonyl (C=O) groups excluding carboxylic acids is 2. The molecule has 4 aliphatic carbocycles. The highest BCUT2D eigenvalue weighted by Crippen LogP contribution is 2.69. The van der Waals surface area contributed by atoms with Gasteiger partial charge in [-0.2, -0.15) is 0 Å². The standard InChI is InChI=1S/C26H34ClFO4Si/c1-16(29)31-23-14-24(2)19(9-10-21(24)22(15-27)32-33(4,5)6)20-8-7-17-13-18(30)11-12-25(17,3)26(20,23)28/h10-13,15,19-20,23H,7-9,14H2,1-6H3/t19-,20-,23-,24-,25-,26?/m0/s1. The smallest absolute Gasteiger partial charge is 0.303 e. The van der Waals surface area contributed by atoms with Crippen molar-refractivity contribution in [1.82, 2.24) is 0 Å². The van der Waals surface area contributed by atoms with Gasteiger partial charge in [-0.1, -0.05) is 36.2 Å². The quantitative estimate of drug-likeness (QED) is 0.259. The fourth-order valence-electron chi connectivity index (χ4n) is 6.92. The Kier molecular flexibility index (Phi) is 5.89. The van der Waals surface area contributed by atoms with Crippen LogP contribution in [0.3, 0.4) is 0 Å². The normalized spacial score (nSPS) is 40.3. The first-order chi connectivity index (χ1) is 15.3. The second-order valence-corrected chi connectivity index (χ2v) is 16.0. The lowest BCUT2D eigenvalue weighted by molar-refractivity contribution is -0.206. The number of esters is 1. The molecule has 0 aromatic carbocycles. The zero-order valence-electron chi connectivity index (χ0n) is 20.3. The Labute approximate surface area is 202 Å². The number of alkyl halides is 1. The Morgan fingerprint density at radius 3 is 2.58 bits per heavy atom. The molecule has 4 rings (SSSR count). The molecule has 0 aliphatic heterocycles. The van der Waals surface area contributed by atoms with E-state index in [2.05, 4.69) is 32.6 Å². The molecule has 0 saturated heterocycles. The molecule has 33 heavy (non-hydrogen) atoms. The second kappa shape index (κ2) is 7.94. The van der Waals surface area contributed by atoms with Gasteiger partial charge in [0.05, 0.1) is 0 Å². The van der Waals surface area contributed by atoms with Crippen molar-refractivity contribution in [1.29, 1.82) is 0 Å². The summed E-state index contributed by atoms with van der Waals surface area (Å²) in [5, 5.41) is 0. The fraction of sp³-hybridized carbons (Fsp3) is 0.615. The molecular weight excluding hydrogens is 459 g/mol. The molecule has 1 unspecified atom stereocenters. The first-order valence-corrected chi connectivity index (χ1v) is 15.6. The topological polar surface area (TPSA) is 52.6 Å². The number of hydrogen-bond donors (Lipinski definition) is 0. The Morgan fingerprint density at radius 2 is 1.97 bits per heavy atom. The number of ether oxygens (including phenoxy) is 1. The van der Waals surface area contributed by atoms with Crippen LogP contribution in [0.15, 0.2) is 46.7 Å². The van der Waals surface area contributed by atoms with Gasteiger partial charge in [-0.3, -0.25) is 9.59 Å². The van der Waals surface area contributed by atoms with Gasteiger partial charge < -0.3 is 9.16 Å². The average molecular weight is 493 g/mol. The monoisotopic (exact) mass is 492 g/mol. The van der Waals surface area contributed by atoms with Crippen LogP contribution in [-0.4, -0.2) is 31.8 Å². The van der Waals surface area contributed by atoms with E-state index in [0.29, 0.717) is 25.0 Å². The molecule has 0 N–H and O–H groups in total. The Morgan fingerprint density at radius 1 is 1.27 bits per heavy atom. The lowest BCUT2D eigenvalue weighted by Crippen LogP contribution is -2.67. The van der Waals surface area contributed by atoms with Crippen LogP contribution in [0.2, 0.25) is 19.6 Å². The van der Waals surface area contributed by atoms with E-state index in [9.17, 15) is 9.59 Å². The highest BCUT2D eigenvalue weighted by Gasteiger charge is 2.71. The number of carbonyl (C=O) groups is 2. The van der Waals surface area contributed by atoms with Crippen molar-refractivity contribution in [3.63, 3.8) is 0 Å². The molecule has 4 aliphatic rings. The van der Waals surface area contributed by atoms with E-state index in [1.54, 1.807) is 12.2 Å². The molecule has 0 aromatic heterocycles. The summed E-state index contributed by atoms with van der Waals surface area (Å²) in [5.41, 5.74) is 0.0429. The van der Waals surface area contributed by atoms with Gasteiger partial charge in [0.1, 0.15) is 11.9 Å². The van der Waals surface area contributed by atoms with Crippen molar-refractivity contribution in [3.8, 4) is 0 Å². The van der Waals surface area contributed by atoms with Crippen LogP contribution in [0.5, 0.6) is 0 Å². The molecule has 0 radical (unpaired) electrons. The van der Waals surface area contributed by atoms with Crippen molar-refractivity contribution in [3.05, 3.63) is 46.7 Å². The predicted molar refractivity (Wildman–Crippen MR) is 130 cm³/mol. The van der Waals surface area contributed by atoms with Crippen LogP contribution < -0.4 is 0 Å². The molecule has 0 aromatic rings. The number of rotatable bonds is 4. The summed E-state index contributed by atoms with van der Waals surface area (Å²) in [6.07, 6.45) is 8.25. The van der Waals surface area contributed by atoms with E-state index >= 15 is 4.39 Å². The molecule has 0 bridgehead atoms. The first kappa shape index (κ1) is 24.5. The van der Waals surface area contributed by atoms with Gasteiger partial charge in [0.15, 0.2) is 11.5 Å². The molecule has 0 amide bonds. The van der Waals surface area contributed by atoms with Gasteiger partial charge in [-0.15, -0.1) is 0 Å². The van der Waals surface area contributed by atoms with Crippen molar-refractivity contribution >= 4 is 31.7 Å². The van der Waals surface area contributed by atoms with Crippen molar-refractivity contribution in [2.75, 3.05) is 0 Å². The van der Waals surface area contributed by atoms with Crippen LogP contribution in [-0.2, 0) is 18.8 Å². The van der Waals surface area contributed by atoms with Gasteiger partial charge >= 0.3 is 5.97 Å². The van der Waals surface area contributed by atoms with Gasteiger partial charge in [0.25, 0.3) is 0 Å². The zero-order valence-corrected chi connectivity index (χ0v) is 22.1. The largest absolute Gasteiger partial charge is 0.544 e. The molecule has 180 valence electrons. The Bertz CT molecular complexity index is 1010. The summed E-state index contributed by atoms with van der Waals surface area (Å²) < 4.78 is 29.7. The third kappa shape index (κ3) is 3.68. The third-order valence-electron chi connectivity index (χ3n) is 8.29. The van der Waals surface area contributed by atoms with Crippen LogP contribution >= 0.6 is 11.6 Å². The molecular formula is C26H34ClFO4Si. The molecule has 0 heterocycles. The number of hydrogen-bond acceptors (Lipinski definition) is 4. The first-order valence-electron chi connectivity index (χ1n) is 11.8. The van der Waals surface area contributed by atoms with Crippen molar-refractivity contribution in [2.24, 2.45) is 22.7 Å². The van der Waals surface area contributed by atoms with Crippen LogP contribution in [0.25, 0.3) is 0 Å². The van der Waals surface area contributed by atoms with Crippen LogP contribution in [0.4, 0.5) is 4.39 Å². The van der Waals surface area contributed by atoms with Crippen LogP contribution in [0.1, 0.15) is 46.5 Å². The SMILES string of the molecule is CC(=O)O[C@H]1C[C@]2(C)C(C(=CCl)O[Si](C)(C)C)=CC[C@H]2[C@@H]2CCC3=CC(=O)C=C[C@]3(C)C12F. The van der Waals surface area contributed by atoms with Gasteiger partial charge in [-0.05, 0) is 75.9 Å². The predicted octanol–water partition coefficient (Wildman–Crippen LogP) is 6.40. The van der Waals surface area contributed by atoms with E-state index in [1.165, 1.54) is 18.5 Å². The zero-order chi connectivity index (χ0) is 24.4. The third-order valence-corrected chi connectivity index (χ3v) is 9.32. The second-order valence-electron chi connectivity index (χ2n) is 11.4. The summed E-state index contributed by atoms with van der Waals surface area (Å²) >= 11 is 6.25. The summed E-state index contributed by atoms with van der Waals surface area (Å²) in [4.78, 5) is 24.2. The minimum atomic E-state index is -1.93. The van der Waals surface area contributed by atoms with Gasteiger partial charge in [-0.25, -0.2) is 4.39 Å². The van der Waals surface area contributed by atoms with E-state index < -0.39 is 36.9 Å². The summed E-state index contributed by atoms with van der Waals surface area (Å²) in [6, 6.07) is 0. The number of ketones is 1. The lowest BCUT2D eigenvalue weighted by Gasteiger charge is -2.62. The molecule has 2 saturated carbocycles. The van der Waals surface area contributed by atoms with Crippen LogP contribution in [0, 0.1) is 22.7 Å². The van der Waals surface area contributed by atoms with Gasteiger partial charge in [0.2, 0.25) is 8.32 Å². The Hall–Kier alpha value is -1.66. The fourth-order valence-corrected chi connectivity index (χ4v) is 7.99. The highest BCUT2D eigenvalue weighted by molar-refractivity contribution is 6.70. The number of halogens is 2.